The lowest BCUT2D eigenvalue weighted by Gasteiger charge is -2.61. The van der Waals surface area contributed by atoms with Crippen molar-refractivity contribution < 1.29 is 18.0 Å². The Morgan fingerprint density at radius 1 is 0.815 bits per heavy atom. The van der Waals surface area contributed by atoms with Crippen LogP contribution in [0.15, 0.2) is 47.1 Å². The minimum absolute atomic E-state index is 0.00388. The third-order valence-corrected chi connectivity index (χ3v) is 30.3. The Balaban J connectivity index is 1.82. The Kier molecular flexibility index (Phi) is 13.9. The highest BCUT2D eigenvalue weighted by molar-refractivity contribution is 6.74. The molecule has 0 radical (unpaired) electrons. The van der Waals surface area contributed by atoms with Gasteiger partial charge in [-0.15, -0.1) is 0 Å². The Labute approximate surface area is 338 Å². The molecule has 0 spiro atoms. The molecule has 0 aromatic rings. The maximum atomic E-state index is 7.77. The molecule has 4 aliphatic carbocycles. The van der Waals surface area contributed by atoms with Gasteiger partial charge in [0.1, 0.15) is 0 Å². The third kappa shape index (κ3) is 8.46. The van der Waals surface area contributed by atoms with Gasteiger partial charge < -0.3 is 18.0 Å². The highest BCUT2D eigenvalue weighted by Crippen LogP contribution is 2.66. The lowest BCUT2D eigenvalue weighted by molar-refractivity contribution is -0.225. The first-order valence-corrected chi connectivity index (χ1v) is 30.7. The maximum absolute atomic E-state index is 7.77. The fourth-order valence-corrected chi connectivity index (χ4v) is 16.3. The normalized spacial score (nSPS) is 31.1. The van der Waals surface area contributed by atoms with Crippen LogP contribution in [0, 0.1) is 22.7 Å². The van der Waals surface area contributed by atoms with Crippen LogP contribution in [-0.4, -0.2) is 49.1 Å². The molecule has 7 heteroatoms. The van der Waals surface area contributed by atoms with Gasteiger partial charge in [0.05, 0.1) is 18.3 Å². The van der Waals surface area contributed by atoms with Gasteiger partial charge in [-0.25, -0.2) is 0 Å². The zero-order valence-electron chi connectivity index (χ0n) is 38.7. The molecule has 0 saturated heterocycles. The number of allylic oxidation sites excluding steroid dienone is 5. The van der Waals surface area contributed by atoms with Gasteiger partial charge in [-0.3, -0.25) is 0 Å². The molecule has 0 amide bonds. The summed E-state index contributed by atoms with van der Waals surface area (Å²) in [5.41, 5.74) is 4.78. The average molecular weight is 799 g/mol. The minimum Gasteiger partial charge on any atom is -0.413 e. The lowest BCUT2D eigenvalue weighted by Crippen LogP contribution is -2.62. The van der Waals surface area contributed by atoms with Gasteiger partial charge in [-0.2, -0.15) is 0 Å². The minimum atomic E-state index is -2.26. The molecule has 4 aliphatic rings. The van der Waals surface area contributed by atoms with Crippen molar-refractivity contribution in [1.82, 2.24) is 0 Å². The van der Waals surface area contributed by atoms with E-state index >= 15 is 0 Å². The van der Waals surface area contributed by atoms with Crippen molar-refractivity contribution in [3.05, 3.63) is 47.1 Å². The van der Waals surface area contributed by atoms with E-state index in [0.29, 0.717) is 18.4 Å². The monoisotopic (exact) mass is 799 g/mol. The SMILES string of the molecule is CCC1=CC[C@H]2C3=CC=C4C[C@@](OCC=CC(CC)(CC)O[Si](CC)(CC)CC)(O[Si](C)(C)C(C)(C)C)C[C@H](O[Si](C)(C)C(C)(C)C)[C@]4(C)[C@H]3CC[C@]12C. The van der Waals surface area contributed by atoms with Crippen LogP contribution in [0.2, 0.25) is 54.4 Å². The van der Waals surface area contributed by atoms with Crippen LogP contribution in [0.3, 0.4) is 0 Å². The zero-order valence-corrected chi connectivity index (χ0v) is 41.7. The van der Waals surface area contributed by atoms with Crippen molar-refractivity contribution in [1.29, 1.82) is 0 Å². The molecule has 2 fully saturated rings. The number of hydrogen-bond donors (Lipinski definition) is 0. The molecule has 0 bridgehead atoms. The molecular weight excluding hydrogens is 713 g/mol. The fraction of sp³-hybridized carbons (Fsp3) is 0.830. The van der Waals surface area contributed by atoms with Crippen molar-refractivity contribution in [2.24, 2.45) is 22.7 Å². The summed E-state index contributed by atoms with van der Waals surface area (Å²) in [5.74, 6) is 0.314. The first kappa shape index (κ1) is 46.1. The van der Waals surface area contributed by atoms with Crippen LogP contribution in [-0.2, 0) is 18.0 Å². The molecule has 54 heavy (non-hydrogen) atoms. The second kappa shape index (κ2) is 16.2. The van der Waals surface area contributed by atoms with Gasteiger partial charge in [0.2, 0.25) is 0 Å². The highest BCUT2D eigenvalue weighted by Gasteiger charge is 2.62. The van der Waals surface area contributed by atoms with E-state index in [9.17, 15) is 0 Å². The molecule has 0 aromatic heterocycles. The molecule has 2 saturated carbocycles. The zero-order chi connectivity index (χ0) is 40.8. The number of rotatable bonds is 16. The van der Waals surface area contributed by atoms with Gasteiger partial charge in [-0.05, 0) is 110 Å². The summed E-state index contributed by atoms with van der Waals surface area (Å²) >= 11 is 0. The van der Waals surface area contributed by atoms with E-state index in [-0.39, 0.29) is 32.6 Å². The van der Waals surface area contributed by atoms with Crippen LogP contribution in [0.4, 0.5) is 0 Å². The van der Waals surface area contributed by atoms with Crippen LogP contribution in [0.5, 0.6) is 0 Å². The molecular formula is C47H86O4Si3. The van der Waals surface area contributed by atoms with Gasteiger partial charge in [0.25, 0.3) is 0 Å². The summed E-state index contributed by atoms with van der Waals surface area (Å²) in [7, 11) is -6.25. The first-order valence-electron chi connectivity index (χ1n) is 22.3. The van der Waals surface area contributed by atoms with Gasteiger partial charge in [0, 0.05) is 18.3 Å². The standard InChI is InChI=1S/C47H86O4Si3/c1-19-36-27-29-39-38-28-26-37-34-47(51-53(17,18)43(10,11)12,48-33-25-31-46(20-2,21-3)50-54(22-4,23-5)24-6)35-41(49-52(15,16)42(7,8)9)45(37,14)40(38)30-32-44(36,39)13/h25-28,31,39-41H,19-24,29-30,32-35H2,1-18H3/t39-,40-,41-,44+,45-,47+/m0/s1. The molecule has 6 atom stereocenters. The second-order valence-corrected chi connectivity index (χ2v) is 35.5. The van der Waals surface area contributed by atoms with E-state index in [0.717, 1.165) is 43.8 Å². The summed E-state index contributed by atoms with van der Waals surface area (Å²) in [5, 5.41) is 0.143. The van der Waals surface area contributed by atoms with Crippen molar-refractivity contribution in [2.75, 3.05) is 6.61 Å². The highest BCUT2D eigenvalue weighted by atomic mass is 28.4. The van der Waals surface area contributed by atoms with Crippen LogP contribution in [0.1, 0.15) is 148 Å². The average Bonchev–Trinajstić information content (AvgIpc) is 3.44. The topological polar surface area (TPSA) is 36.9 Å². The van der Waals surface area contributed by atoms with E-state index in [1.54, 1.807) is 11.1 Å². The Hall–Kier alpha value is -0.549. The molecule has 0 aromatic carbocycles. The maximum Gasteiger partial charge on any atom is 0.195 e. The van der Waals surface area contributed by atoms with Crippen molar-refractivity contribution >= 4 is 25.0 Å². The van der Waals surface area contributed by atoms with Crippen LogP contribution >= 0.6 is 0 Å². The lowest BCUT2D eigenvalue weighted by atomic mass is 9.49. The smallest absolute Gasteiger partial charge is 0.195 e. The molecule has 0 aliphatic heterocycles. The van der Waals surface area contributed by atoms with Crippen molar-refractivity contribution in [3.63, 3.8) is 0 Å². The van der Waals surface area contributed by atoms with E-state index in [1.165, 1.54) is 31.3 Å². The molecule has 0 unspecified atom stereocenters. The number of hydrogen-bond acceptors (Lipinski definition) is 4. The summed E-state index contributed by atoms with van der Waals surface area (Å²) in [6.07, 6.45) is 20.6. The first-order chi connectivity index (χ1) is 24.8. The predicted molar refractivity (Wildman–Crippen MR) is 241 cm³/mol. The molecule has 0 heterocycles. The molecule has 4 nitrogen and oxygen atoms in total. The second-order valence-electron chi connectivity index (χ2n) is 21.4. The molecule has 0 N–H and O–H groups in total. The van der Waals surface area contributed by atoms with E-state index < -0.39 is 30.7 Å². The third-order valence-electron chi connectivity index (χ3n) is 16.7. The number of ether oxygens (including phenoxy) is 1. The van der Waals surface area contributed by atoms with Gasteiger partial charge in [0.15, 0.2) is 30.7 Å². The van der Waals surface area contributed by atoms with Gasteiger partial charge >= 0.3 is 0 Å². The van der Waals surface area contributed by atoms with Gasteiger partial charge in [-0.1, -0.05) is 144 Å². The molecule has 4 rings (SSSR count). The Morgan fingerprint density at radius 3 is 1.93 bits per heavy atom. The largest absolute Gasteiger partial charge is 0.413 e. The predicted octanol–water partition coefficient (Wildman–Crippen LogP) is 14.7. The fourth-order valence-electron chi connectivity index (χ4n) is 10.3. The van der Waals surface area contributed by atoms with E-state index in [4.69, 9.17) is 18.0 Å². The quantitative estimate of drug-likeness (QED) is 0.0885. The van der Waals surface area contributed by atoms with Crippen molar-refractivity contribution in [3.8, 4) is 0 Å². The van der Waals surface area contributed by atoms with Crippen molar-refractivity contribution in [2.45, 2.75) is 220 Å². The summed E-state index contributed by atoms with van der Waals surface area (Å²) < 4.78 is 30.0. The van der Waals surface area contributed by atoms with Crippen LogP contribution in [0.25, 0.3) is 0 Å². The molecule has 310 valence electrons. The Morgan fingerprint density at radius 2 is 1.41 bits per heavy atom. The Bertz CT molecular complexity index is 1430. The number of fused-ring (bicyclic) bond motifs is 5. The summed E-state index contributed by atoms with van der Waals surface area (Å²) in [6.45, 7) is 43.5. The summed E-state index contributed by atoms with van der Waals surface area (Å²) in [6, 6.07) is 3.48. The van der Waals surface area contributed by atoms with E-state index in [2.05, 4.69) is 154 Å². The van der Waals surface area contributed by atoms with E-state index in [1.807, 2.05) is 0 Å². The summed E-state index contributed by atoms with van der Waals surface area (Å²) in [4.78, 5) is 0. The van der Waals surface area contributed by atoms with Crippen LogP contribution < -0.4 is 0 Å².